The molecule has 3 nitrogen and oxygen atoms in total. The first kappa shape index (κ1) is 14.3. The largest absolute Gasteiger partial charge is 0.478 e. The van der Waals surface area contributed by atoms with Crippen LogP contribution >= 0.6 is 0 Å². The highest BCUT2D eigenvalue weighted by Gasteiger charge is 1.99. The smallest absolute Gasteiger partial charge is 0.335 e. The molecular formula is C18H12O3. The molecule has 0 aromatic heterocycles. The Morgan fingerprint density at radius 3 is 2.14 bits per heavy atom. The van der Waals surface area contributed by atoms with Crippen molar-refractivity contribution in [1.29, 1.82) is 0 Å². The molecule has 0 fully saturated rings. The molecule has 0 atom stereocenters. The molecule has 3 heteroatoms. The van der Waals surface area contributed by atoms with E-state index < -0.39 is 5.97 Å². The van der Waals surface area contributed by atoms with E-state index in [1.807, 2.05) is 18.2 Å². The zero-order valence-corrected chi connectivity index (χ0v) is 11.1. The zero-order valence-electron chi connectivity index (χ0n) is 11.1. The van der Waals surface area contributed by atoms with E-state index in [0.717, 1.165) is 17.4 Å². The van der Waals surface area contributed by atoms with Gasteiger partial charge in [0.25, 0.3) is 0 Å². The molecule has 0 amide bonds. The number of carboxylic acid groups (broad SMARTS) is 1. The van der Waals surface area contributed by atoms with Gasteiger partial charge in [-0.05, 0) is 42.0 Å². The van der Waals surface area contributed by atoms with Crippen LogP contribution in [0.25, 0.3) is 6.08 Å². The number of carbonyl (C=O) groups is 2. The van der Waals surface area contributed by atoms with Gasteiger partial charge in [0.15, 0.2) is 0 Å². The molecule has 0 saturated heterocycles. The van der Waals surface area contributed by atoms with Crippen molar-refractivity contribution in [3.8, 4) is 11.8 Å². The third-order valence-corrected chi connectivity index (χ3v) is 2.78. The van der Waals surface area contributed by atoms with Gasteiger partial charge in [-0.15, -0.1) is 0 Å². The minimum atomic E-state index is -0.951. The number of hydrogen-bond acceptors (Lipinski definition) is 2. The molecule has 0 aliphatic carbocycles. The second-order valence-corrected chi connectivity index (χ2v) is 4.27. The topological polar surface area (TPSA) is 54.4 Å². The highest BCUT2D eigenvalue weighted by molar-refractivity contribution is 5.87. The zero-order chi connectivity index (χ0) is 15.1. The van der Waals surface area contributed by atoms with Crippen molar-refractivity contribution in [2.45, 2.75) is 0 Å². The Morgan fingerprint density at radius 2 is 1.57 bits per heavy atom. The fourth-order valence-corrected chi connectivity index (χ4v) is 1.64. The van der Waals surface area contributed by atoms with Crippen LogP contribution in [0.15, 0.2) is 54.6 Å². The molecule has 2 aromatic carbocycles. The third kappa shape index (κ3) is 4.19. The highest BCUT2D eigenvalue weighted by atomic mass is 16.4. The molecule has 0 unspecified atom stereocenters. The summed E-state index contributed by atoms with van der Waals surface area (Å²) in [7, 11) is 0. The second kappa shape index (κ2) is 6.88. The van der Waals surface area contributed by atoms with E-state index in [0.29, 0.717) is 5.56 Å². The third-order valence-electron chi connectivity index (χ3n) is 2.78. The fourth-order valence-electron chi connectivity index (χ4n) is 1.64. The maximum absolute atomic E-state index is 10.7. The Labute approximate surface area is 122 Å². The predicted molar refractivity (Wildman–Crippen MR) is 81.1 cm³/mol. The Balaban J connectivity index is 2.03. The molecule has 0 spiro atoms. The van der Waals surface area contributed by atoms with Gasteiger partial charge in [0.1, 0.15) is 6.29 Å². The molecule has 0 aliphatic heterocycles. The van der Waals surface area contributed by atoms with E-state index in [9.17, 15) is 9.59 Å². The van der Waals surface area contributed by atoms with Gasteiger partial charge >= 0.3 is 5.97 Å². The van der Waals surface area contributed by atoms with Crippen LogP contribution in [0.5, 0.6) is 0 Å². The molecule has 0 radical (unpaired) electrons. The number of rotatable bonds is 3. The quantitative estimate of drug-likeness (QED) is 0.691. The molecule has 0 heterocycles. The molecule has 102 valence electrons. The lowest BCUT2D eigenvalue weighted by Crippen LogP contribution is -1.94. The van der Waals surface area contributed by atoms with Crippen LogP contribution in [0.4, 0.5) is 0 Å². The van der Waals surface area contributed by atoms with Crippen LogP contribution < -0.4 is 0 Å². The van der Waals surface area contributed by atoms with Gasteiger partial charge in [-0.3, -0.25) is 4.79 Å². The van der Waals surface area contributed by atoms with Crippen LogP contribution in [0.3, 0.4) is 0 Å². The summed E-state index contributed by atoms with van der Waals surface area (Å²) in [5.41, 5.74) is 2.58. The molecule has 1 N–H and O–H groups in total. The minimum absolute atomic E-state index is 0.242. The molecule has 0 aliphatic rings. The van der Waals surface area contributed by atoms with Crippen molar-refractivity contribution in [3.05, 3.63) is 76.9 Å². The number of carbonyl (C=O) groups excluding carboxylic acids is 1. The van der Waals surface area contributed by atoms with E-state index in [1.54, 1.807) is 30.3 Å². The van der Waals surface area contributed by atoms with Crippen molar-refractivity contribution in [1.82, 2.24) is 0 Å². The molecule has 2 rings (SSSR count). The van der Waals surface area contributed by atoms with Gasteiger partial charge in [-0.1, -0.05) is 36.1 Å². The van der Waals surface area contributed by atoms with Crippen molar-refractivity contribution in [3.63, 3.8) is 0 Å². The fraction of sp³-hybridized carbons (Fsp3) is 0. The number of allylic oxidation sites excluding steroid dienone is 1. The van der Waals surface area contributed by atoms with Gasteiger partial charge in [0.2, 0.25) is 0 Å². The SMILES string of the molecule is O=Cc1ccc(/C=C/C#Cc2ccc(C(=O)O)cc2)cc1. The lowest BCUT2D eigenvalue weighted by molar-refractivity contribution is 0.0696. The van der Waals surface area contributed by atoms with E-state index in [1.165, 1.54) is 12.1 Å². The van der Waals surface area contributed by atoms with Gasteiger partial charge in [-0.2, -0.15) is 0 Å². The molecule has 21 heavy (non-hydrogen) atoms. The summed E-state index contributed by atoms with van der Waals surface area (Å²) in [6, 6.07) is 13.5. The first-order valence-electron chi connectivity index (χ1n) is 6.26. The maximum atomic E-state index is 10.7. The molecule has 0 bridgehead atoms. The normalized spacial score (nSPS) is 9.90. The first-order chi connectivity index (χ1) is 10.2. The van der Waals surface area contributed by atoms with Crippen LogP contribution in [0.2, 0.25) is 0 Å². The summed E-state index contributed by atoms with van der Waals surface area (Å²) in [6.45, 7) is 0. The number of hydrogen-bond donors (Lipinski definition) is 1. The highest BCUT2D eigenvalue weighted by Crippen LogP contribution is 2.05. The Bertz CT molecular complexity index is 727. The standard InChI is InChI=1S/C18H12O3/c19-13-16-7-5-14(6-8-16)3-1-2-4-15-9-11-17(12-10-15)18(20)21/h1,3,5-13H,(H,20,21)/b3-1+. The number of benzene rings is 2. The van der Waals surface area contributed by atoms with Crippen LogP contribution in [-0.4, -0.2) is 17.4 Å². The molecule has 0 saturated carbocycles. The maximum Gasteiger partial charge on any atom is 0.335 e. The summed E-state index contributed by atoms with van der Waals surface area (Å²) >= 11 is 0. The number of aldehydes is 1. The summed E-state index contributed by atoms with van der Waals surface area (Å²) in [5, 5.41) is 8.78. The minimum Gasteiger partial charge on any atom is -0.478 e. The number of carboxylic acids is 1. The van der Waals surface area contributed by atoms with Gasteiger partial charge < -0.3 is 5.11 Å². The van der Waals surface area contributed by atoms with Crippen molar-refractivity contribution >= 4 is 18.3 Å². The van der Waals surface area contributed by atoms with E-state index >= 15 is 0 Å². The van der Waals surface area contributed by atoms with Crippen molar-refractivity contribution < 1.29 is 14.7 Å². The van der Waals surface area contributed by atoms with E-state index in [2.05, 4.69) is 11.8 Å². The van der Waals surface area contributed by atoms with Crippen LogP contribution in [-0.2, 0) is 0 Å². The van der Waals surface area contributed by atoms with Crippen LogP contribution in [0, 0.1) is 11.8 Å². The lowest BCUT2D eigenvalue weighted by Gasteiger charge is -1.93. The van der Waals surface area contributed by atoms with E-state index in [4.69, 9.17) is 5.11 Å². The summed E-state index contributed by atoms with van der Waals surface area (Å²) in [4.78, 5) is 21.2. The van der Waals surface area contributed by atoms with Gasteiger partial charge in [0, 0.05) is 11.1 Å². The average molecular weight is 276 g/mol. The monoisotopic (exact) mass is 276 g/mol. The van der Waals surface area contributed by atoms with Gasteiger partial charge in [-0.25, -0.2) is 4.79 Å². The average Bonchev–Trinajstić information content (AvgIpc) is 2.52. The van der Waals surface area contributed by atoms with Crippen LogP contribution in [0.1, 0.15) is 31.8 Å². The van der Waals surface area contributed by atoms with Crippen molar-refractivity contribution in [2.24, 2.45) is 0 Å². The lowest BCUT2D eigenvalue weighted by atomic mass is 10.1. The molecular weight excluding hydrogens is 264 g/mol. The summed E-state index contributed by atoms with van der Waals surface area (Å²) in [6.07, 6.45) is 4.35. The second-order valence-electron chi connectivity index (χ2n) is 4.27. The summed E-state index contributed by atoms with van der Waals surface area (Å²) < 4.78 is 0. The summed E-state index contributed by atoms with van der Waals surface area (Å²) in [5.74, 6) is 4.85. The first-order valence-corrected chi connectivity index (χ1v) is 6.26. The van der Waals surface area contributed by atoms with E-state index in [-0.39, 0.29) is 5.56 Å². The van der Waals surface area contributed by atoms with Crippen molar-refractivity contribution in [2.75, 3.05) is 0 Å². The number of aromatic carboxylic acids is 1. The Kier molecular flexibility index (Phi) is 4.68. The Morgan fingerprint density at radius 1 is 0.952 bits per heavy atom. The predicted octanol–water partition coefficient (Wildman–Crippen LogP) is 3.26. The van der Waals surface area contributed by atoms with Gasteiger partial charge in [0.05, 0.1) is 5.56 Å². The molecule has 2 aromatic rings. The Hall–Kier alpha value is -3.12.